The number of hydrogen-bond acceptors (Lipinski definition) is 4. The number of hydrogen-bond donors (Lipinski definition) is 1. The summed E-state index contributed by atoms with van der Waals surface area (Å²) in [6, 6.07) is 4.03. The number of halogens is 3. The van der Waals surface area contributed by atoms with Gasteiger partial charge in [-0.2, -0.15) is 13.2 Å². The van der Waals surface area contributed by atoms with E-state index in [1.54, 1.807) is 4.90 Å². The van der Waals surface area contributed by atoms with Gasteiger partial charge in [-0.05, 0) is 30.7 Å². The van der Waals surface area contributed by atoms with Crippen molar-refractivity contribution in [2.45, 2.75) is 31.5 Å². The summed E-state index contributed by atoms with van der Waals surface area (Å²) < 4.78 is 41.9. The number of carbonyl (C=O) groups is 3. The predicted molar refractivity (Wildman–Crippen MR) is 82.0 cm³/mol. The Bertz CT molecular complexity index is 658. The summed E-state index contributed by atoms with van der Waals surface area (Å²) in [6.07, 6.45) is -4.95. The maximum atomic E-state index is 12.5. The van der Waals surface area contributed by atoms with E-state index in [0.29, 0.717) is 18.7 Å². The Kier molecular flexibility index (Phi) is 5.66. The first-order chi connectivity index (χ1) is 11.7. The second kappa shape index (κ2) is 7.54. The van der Waals surface area contributed by atoms with Crippen LogP contribution in [0.5, 0.6) is 0 Å². The average molecular weight is 358 g/mol. The maximum Gasteiger partial charge on any atom is 0.391 e. The number of methoxy groups -OCH3 is 1. The van der Waals surface area contributed by atoms with Crippen LogP contribution in [0.4, 0.5) is 18.9 Å². The largest absolute Gasteiger partial charge is 0.467 e. The highest BCUT2D eigenvalue weighted by molar-refractivity contribution is 5.98. The van der Waals surface area contributed by atoms with Crippen molar-refractivity contribution < 1.29 is 32.3 Å². The third-order valence-electron chi connectivity index (χ3n) is 3.74. The van der Waals surface area contributed by atoms with Crippen molar-refractivity contribution in [3.8, 4) is 0 Å². The van der Waals surface area contributed by atoms with Crippen molar-refractivity contribution in [1.82, 2.24) is 5.32 Å². The number of rotatable bonds is 5. The third-order valence-corrected chi connectivity index (χ3v) is 3.74. The maximum absolute atomic E-state index is 12.5. The zero-order valence-corrected chi connectivity index (χ0v) is 13.4. The molecular weight excluding hydrogens is 341 g/mol. The minimum absolute atomic E-state index is 0.0202. The zero-order valence-electron chi connectivity index (χ0n) is 13.4. The van der Waals surface area contributed by atoms with Gasteiger partial charge >= 0.3 is 12.1 Å². The summed E-state index contributed by atoms with van der Waals surface area (Å²) in [6.45, 7) is 0.584. The number of alkyl halides is 3. The van der Waals surface area contributed by atoms with E-state index in [9.17, 15) is 27.6 Å². The number of esters is 1. The van der Waals surface area contributed by atoms with Crippen LogP contribution in [0.25, 0.3) is 0 Å². The van der Waals surface area contributed by atoms with Crippen LogP contribution < -0.4 is 10.2 Å². The average Bonchev–Trinajstić information content (AvgIpc) is 2.98. The van der Waals surface area contributed by atoms with Gasteiger partial charge in [0.15, 0.2) is 0 Å². The van der Waals surface area contributed by atoms with Crippen LogP contribution in [0.15, 0.2) is 24.3 Å². The molecule has 2 rings (SSSR count). The summed E-state index contributed by atoms with van der Waals surface area (Å²) in [5.41, 5.74) is 0.685. The van der Waals surface area contributed by atoms with Crippen molar-refractivity contribution in [3.05, 3.63) is 29.8 Å². The molecule has 136 valence electrons. The molecule has 1 atom stereocenters. The van der Waals surface area contributed by atoms with Crippen LogP contribution in [0.3, 0.4) is 0 Å². The lowest BCUT2D eigenvalue weighted by atomic mass is 10.1. The van der Waals surface area contributed by atoms with Gasteiger partial charge in [0.05, 0.1) is 13.5 Å². The highest BCUT2D eigenvalue weighted by Gasteiger charge is 2.37. The van der Waals surface area contributed by atoms with Gasteiger partial charge in [-0.25, -0.2) is 4.79 Å². The molecular formula is C16H17F3N2O4. The topological polar surface area (TPSA) is 75.7 Å². The van der Waals surface area contributed by atoms with E-state index in [0.717, 1.165) is 13.5 Å². The number of anilines is 1. The molecule has 6 nitrogen and oxygen atoms in total. The van der Waals surface area contributed by atoms with Crippen molar-refractivity contribution in [1.29, 1.82) is 0 Å². The van der Waals surface area contributed by atoms with E-state index in [2.05, 4.69) is 4.74 Å². The summed E-state index contributed by atoms with van der Waals surface area (Å²) in [7, 11) is 0.944. The minimum Gasteiger partial charge on any atom is -0.467 e. The highest BCUT2D eigenvalue weighted by atomic mass is 19.4. The van der Waals surface area contributed by atoms with Gasteiger partial charge in [0, 0.05) is 24.2 Å². The van der Waals surface area contributed by atoms with Gasteiger partial charge < -0.3 is 15.0 Å². The molecule has 1 aromatic carbocycles. The predicted octanol–water partition coefficient (Wildman–Crippen LogP) is 2.04. The fraction of sp³-hybridized carbons (Fsp3) is 0.438. The van der Waals surface area contributed by atoms with E-state index < -0.39 is 30.5 Å². The van der Waals surface area contributed by atoms with Gasteiger partial charge in [-0.15, -0.1) is 0 Å². The van der Waals surface area contributed by atoms with E-state index in [-0.39, 0.29) is 11.5 Å². The molecule has 2 amide bonds. The molecule has 1 fully saturated rings. The Morgan fingerprint density at radius 3 is 2.40 bits per heavy atom. The van der Waals surface area contributed by atoms with E-state index in [1.807, 2.05) is 5.32 Å². The first-order valence-electron chi connectivity index (χ1n) is 7.57. The number of nitrogens with one attached hydrogen (secondary N) is 1. The molecule has 9 heteroatoms. The van der Waals surface area contributed by atoms with E-state index in [4.69, 9.17) is 0 Å². The standard InChI is InChI=1S/C16H17F3N2O4/c1-25-15(24)12(9-16(17,18)19)20-14(23)10-4-6-11(7-5-10)21-8-2-3-13(21)22/h4-7,12H,2-3,8-9H2,1H3,(H,20,23)/t12-/m1/s1. The minimum atomic E-state index is -4.63. The Balaban J connectivity index is 2.08. The van der Waals surface area contributed by atoms with Gasteiger partial charge in [-0.3, -0.25) is 9.59 Å². The number of benzene rings is 1. The second-order valence-electron chi connectivity index (χ2n) is 5.56. The monoisotopic (exact) mass is 358 g/mol. The van der Waals surface area contributed by atoms with E-state index in [1.165, 1.54) is 24.3 Å². The van der Waals surface area contributed by atoms with Crippen molar-refractivity contribution in [3.63, 3.8) is 0 Å². The lowest BCUT2D eigenvalue weighted by Crippen LogP contribution is -2.44. The van der Waals surface area contributed by atoms with E-state index >= 15 is 0 Å². The Morgan fingerprint density at radius 1 is 1.28 bits per heavy atom. The van der Waals surface area contributed by atoms with Crippen LogP contribution in [0.1, 0.15) is 29.6 Å². The molecule has 1 aliphatic rings. The van der Waals surface area contributed by atoms with Crippen molar-refractivity contribution >= 4 is 23.5 Å². The fourth-order valence-electron chi connectivity index (χ4n) is 2.52. The van der Waals surface area contributed by atoms with Crippen molar-refractivity contribution in [2.24, 2.45) is 0 Å². The van der Waals surface area contributed by atoms with Crippen molar-refractivity contribution in [2.75, 3.05) is 18.6 Å². The molecule has 1 heterocycles. The molecule has 1 aliphatic heterocycles. The Hall–Kier alpha value is -2.58. The number of ether oxygens (including phenoxy) is 1. The van der Waals surface area contributed by atoms with Crippen LogP contribution in [-0.2, 0) is 14.3 Å². The summed E-state index contributed by atoms with van der Waals surface area (Å²) >= 11 is 0. The van der Waals surface area contributed by atoms with Crippen LogP contribution >= 0.6 is 0 Å². The fourth-order valence-corrected chi connectivity index (χ4v) is 2.52. The Morgan fingerprint density at radius 2 is 1.92 bits per heavy atom. The van der Waals surface area contributed by atoms with Crippen LogP contribution in [0, 0.1) is 0 Å². The molecule has 0 aliphatic carbocycles. The zero-order chi connectivity index (χ0) is 18.6. The number of nitrogens with zero attached hydrogens (tertiary/aromatic N) is 1. The lowest BCUT2D eigenvalue weighted by Gasteiger charge is -2.19. The molecule has 1 N–H and O–H groups in total. The van der Waals surface area contributed by atoms with Gasteiger partial charge in [0.2, 0.25) is 5.91 Å². The first kappa shape index (κ1) is 18.8. The first-order valence-corrected chi connectivity index (χ1v) is 7.57. The molecule has 0 unspecified atom stereocenters. The van der Waals surface area contributed by atoms with Crippen LogP contribution in [-0.4, -0.2) is 43.7 Å². The SMILES string of the molecule is COC(=O)[C@@H](CC(F)(F)F)NC(=O)c1ccc(N2CCCC2=O)cc1. The molecule has 0 radical (unpaired) electrons. The normalized spacial score (nSPS) is 15.8. The van der Waals surface area contributed by atoms with Crippen LogP contribution in [0.2, 0.25) is 0 Å². The van der Waals surface area contributed by atoms with Gasteiger partial charge in [0.1, 0.15) is 6.04 Å². The van der Waals surface area contributed by atoms with Gasteiger partial charge in [-0.1, -0.05) is 0 Å². The lowest BCUT2D eigenvalue weighted by molar-refractivity contribution is -0.160. The second-order valence-corrected chi connectivity index (χ2v) is 5.56. The quantitative estimate of drug-likeness (QED) is 0.818. The third kappa shape index (κ3) is 4.94. The molecule has 0 bridgehead atoms. The number of carbonyl (C=O) groups excluding carboxylic acids is 3. The number of amides is 2. The molecule has 0 aromatic heterocycles. The molecule has 1 saturated heterocycles. The summed E-state index contributed by atoms with van der Waals surface area (Å²) in [5.74, 6) is -2.03. The molecule has 1 aromatic rings. The molecule has 0 saturated carbocycles. The van der Waals surface area contributed by atoms with Gasteiger partial charge in [0.25, 0.3) is 5.91 Å². The summed E-state index contributed by atoms with van der Waals surface area (Å²) in [4.78, 5) is 36.8. The molecule has 25 heavy (non-hydrogen) atoms. The smallest absolute Gasteiger partial charge is 0.391 e. The highest BCUT2D eigenvalue weighted by Crippen LogP contribution is 2.23. The summed E-state index contributed by atoms with van der Waals surface area (Å²) in [5, 5.41) is 2.02. The Labute approximate surface area is 141 Å². The molecule has 0 spiro atoms.